The van der Waals surface area contributed by atoms with Gasteiger partial charge in [-0.2, -0.15) is 24.9 Å². The predicted molar refractivity (Wildman–Crippen MR) is 127 cm³/mol. The number of hydrogen-bond acceptors (Lipinski definition) is 5. The molecule has 1 N–H and O–H groups in total. The Kier molecular flexibility index (Phi) is 7.45. The maximum absolute atomic E-state index is 14.3. The number of halogens is 6. The van der Waals surface area contributed by atoms with Gasteiger partial charge in [0.05, 0.1) is 22.4 Å². The van der Waals surface area contributed by atoms with Crippen LogP contribution in [0.2, 0.25) is 10.0 Å². The Morgan fingerprint density at radius 1 is 1.26 bits per heavy atom. The van der Waals surface area contributed by atoms with E-state index in [1.54, 1.807) is 23.9 Å². The molecule has 2 aromatic carbocycles. The van der Waals surface area contributed by atoms with Gasteiger partial charge in [-0.3, -0.25) is 4.79 Å². The van der Waals surface area contributed by atoms with Crippen molar-refractivity contribution in [3.8, 4) is 5.75 Å². The molecule has 0 spiro atoms. The molecule has 0 bridgehead atoms. The number of carbonyl (C=O) groups excluding carboxylic acids is 1. The van der Waals surface area contributed by atoms with Crippen LogP contribution < -0.4 is 10.1 Å². The summed E-state index contributed by atoms with van der Waals surface area (Å²) in [5, 5.41) is 5.52. The lowest BCUT2D eigenvalue weighted by Crippen LogP contribution is -2.42. The van der Waals surface area contributed by atoms with Gasteiger partial charge < -0.3 is 14.9 Å². The minimum Gasteiger partial charge on any atom is -0.493 e. The molecular formula is C23H20Cl2F4N2O3S. The molecule has 12 heteroatoms. The van der Waals surface area contributed by atoms with Crippen LogP contribution in [-0.4, -0.2) is 36.4 Å². The maximum Gasteiger partial charge on any atom is 0.435 e. The van der Waals surface area contributed by atoms with Crippen LogP contribution >= 0.6 is 35.0 Å². The number of ether oxygens (including phenoxy) is 1. The minimum atomic E-state index is -4.90. The van der Waals surface area contributed by atoms with Crippen molar-refractivity contribution >= 4 is 46.6 Å². The third-order valence-corrected chi connectivity index (χ3v) is 7.06. The lowest BCUT2D eigenvalue weighted by Gasteiger charge is -2.29. The van der Waals surface area contributed by atoms with E-state index in [1.165, 1.54) is 0 Å². The molecular weight excluding hydrogens is 531 g/mol. The molecule has 1 amide bonds. The number of thioether (sulfide) groups is 1. The van der Waals surface area contributed by atoms with Gasteiger partial charge in [0.25, 0.3) is 5.60 Å². The third-order valence-electron chi connectivity index (χ3n) is 5.90. The highest BCUT2D eigenvalue weighted by molar-refractivity contribution is 7.98. The van der Waals surface area contributed by atoms with Crippen LogP contribution in [0.1, 0.15) is 35.1 Å². The number of rotatable bonds is 7. The molecule has 0 unspecified atom stereocenters. The van der Waals surface area contributed by atoms with E-state index in [9.17, 15) is 22.4 Å². The number of fused-ring (bicyclic) bond motifs is 1. The van der Waals surface area contributed by atoms with Crippen molar-refractivity contribution in [1.82, 2.24) is 5.32 Å². The molecule has 2 aliphatic heterocycles. The van der Waals surface area contributed by atoms with E-state index >= 15 is 0 Å². The van der Waals surface area contributed by atoms with Gasteiger partial charge in [0.15, 0.2) is 5.82 Å². The Bertz CT molecular complexity index is 1170. The number of oxime groups is 1. The van der Waals surface area contributed by atoms with E-state index in [4.69, 9.17) is 32.8 Å². The zero-order valence-corrected chi connectivity index (χ0v) is 20.7. The zero-order valence-electron chi connectivity index (χ0n) is 18.4. The number of alkyl halides is 3. The number of carbonyl (C=O) groups is 1. The van der Waals surface area contributed by atoms with Crippen LogP contribution in [0.3, 0.4) is 0 Å². The van der Waals surface area contributed by atoms with Gasteiger partial charge in [0.2, 0.25) is 5.91 Å². The van der Waals surface area contributed by atoms with Gasteiger partial charge in [0.1, 0.15) is 5.75 Å². The summed E-state index contributed by atoms with van der Waals surface area (Å²) in [6.45, 7) is 0.583. The summed E-state index contributed by atoms with van der Waals surface area (Å²) in [6, 6.07) is 5.04. The second-order valence-electron chi connectivity index (χ2n) is 8.08. The van der Waals surface area contributed by atoms with Gasteiger partial charge in [-0.1, -0.05) is 40.5 Å². The molecule has 0 fully saturated rings. The predicted octanol–water partition coefficient (Wildman–Crippen LogP) is 6.02. The van der Waals surface area contributed by atoms with E-state index < -0.39 is 39.6 Å². The SMILES string of the molecule is CSCCC(=O)NCc1ccc(C2=NO[C@@](c3cc(Cl)c(F)c(Cl)c3)(C(F)(F)F)C2)c2c1OCC2. The number of nitrogens with zero attached hydrogens (tertiary/aromatic N) is 1. The third kappa shape index (κ3) is 4.93. The highest BCUT2D eigenvalue weighted by Gasteiger charge is 2.62. The van der Waals surface area contributed by atoms with Crippen LogP contribution in [0.25, 0.3) is 0 Å². The van der Waals surface area contributed by atoms with Crippen molar-refractivity contribution in [1.29, 1.82) is 0 Å². The Morgan fingerprint density at radius 3 is 2.63 bits per heavy atom. The van der Waals surface area contributed by atoms with Gasteiger partial charge >= 0.3 is 6.18 Å². The highest BCUT2D eigenvalue weighted by atomic mass is 35.5. The quantitative estimate of drug-likeness (QED) is 0.338. The number of benzene rings is 2. The van der Waals surface area contributed by atoms with Gasteiger partial charge in [-0.25, -0.2) is 4.39 Å². The van der Waals surface area contributed by atoms with Gasteiger partial charge in [-0.15, -0.1) is 0 Å². The zero-order chi connectivity index (χ0) is 25.4. The van der Waals surface area contributed by atoms with Gasteiger partial charge in [-0.05, 0) is 18.4 Å². The summed E-state index contributed by atoms with van der Waals surface area (Å²) in [5.74, 6) is 0.104. The van der Waals surface area contributed by atoms with E-state index in [1.807, 2.05) is 6.26 Å². The van der Waals surface area contributed by atoms with Crippen LogP contribution in [0.15, 0.2) is 29.4 Å². The summed E-state index contributed by atoms with van der Waals surface area (Å²) in [7, 11) is 0. The molecule has 35 heavy (non-hydrogen) atoms. The highest BCUT2D eigenvalue weighted by Crippen LogP contribution is 2.50. The Labute approximate surface area is 213 Å². The number of amides is 1. The van der Waals surface area contributed by atoms with Crippen LogP contribution in [0, 0.1) is 5.82 Å². The minimum absolute atomic E-state index is 0.0659. The smallest absolute Gasteiger partial charge is 0.435 e. The van der Waals surface area contributed by atoms with Crippen molar-refractivity contribution in [3.05, 3.63) is 62.4 Å². The van der Waals surface area contributed by atoms with E-state index in [2.05, 4.69) is 10.5 Å². The fourth-order valence-corrected chi connectivity index (χ4v) is 4.96. The first-order valence-corrected chi connectivity index (χ1v) is 12.7. The van der Waals surface area contributed by atoms with Crippen LogP contribution in [0.5, 0.6) is 5.75 Å². The molecule has 0 radical (unpaired) electrons. The average molecular weight is 551 g/mol. The van der Waals surface area contributed by atoms with E-state index in [-0.39, 0.29) is 18.2 Å². The van der Waals surface area contributed by atoms with Crippen molar-refractivity contribution < 1.29 is 31.9 Å². The van der Waals surface area contributed by atoms with Crippen LogP contribution in [0.4, 0.5) is 17.6 Å². The molecule has 0 saturated carbocycles. The molecule has 2 aliphatic rings. The van der Waals surface area contributed by atoms with E-state index in [0.29, 0.717) is 42.1 Å². The topological polar surface area (TPSA) is 59.9 Å². The fraction of sp³-hybridized carbons (Fsp3) is 0.391. The molecule has 5 nitrogen and oxygen atoms in total. The molecule has 2 heterocycles. The van der Waals surface area contributed by atoms with Crippen molar-refractivity contribution in [3.63, 3.8) is 0 Å². The Balaban J connectivity index is 1.63. The second-order valence-corrected chi connectivity index (χ2v) is 9.88. The van der Waals surface area contributed by atoms with Crippen LogP contribution in [-0.2, 0) is 28.2 Å². The second kappa shape index (κ2) is 10.1. The lowest BCUT2D eigenvalue weighted by molar-refractivity contribution is -0.275. The standard InChI is InChI=1S/C23H20Cl2F4N2O3S/c1-35-7-5-19(32)30-11-12-2-3-14(15-4-6-33-21(12)15)18-10-22(34-31-18,23(27,28)29)13-8-16(24)20(26)17(25)9-13/h2-3,8-9H,4-7,10-11H2,1H3,(H,30,32)/t22-/m0/s1. The summed E-state index contributed by atoms with van der Waals surface area (Å²) in [6.07, 6.45) is -2.80. The first kappa shape index (κ1) is 25.9. The first-order valence-electron chi connectivity index (χ1n) is 10.6. The maximum atomic E-state index is 14.3. The van der Waals surface area contributed by atoms with E-state index in [0.717, 1.165) is 17.7 Å². The van der Waals surface area contributed by atoms with Crippen molar-refractivity contribution in [2.24, 2.45) is 5.16 Å². The summed E-state index contributed by atoms with van der Waals surface area (Å²) in [5.41, 5.74) is -1.39. The number of hydrogen-bond donors (Lipinski definition) is 1. The summed E-state index contributed by atoms with van der Waals surface area (Å²) < 4.78 is 62.5. The lowest BCUT2D eigenvalue weighted by atomic mass is 9.85. The van der Waals surface area contributed by atoms with Gasteiger partial charge in [0, 0.05) is 53.8 Å². The molecule has 1 atom stereocenters. The fourth-order valence-electron chi connectivity index (χ4n) is 4.08. The summed E-state index contributed by atoms with van der Waals surface area (Å²) >= 11 is 13.1. The largest absolute Gasteiger partial charge is 0.493 e. The summed E-state index contributed by atoms with van der Waals surface area (Å²) in [4.78, 5) is 17.0. The van der Waals surface area contributed by atoms with Crippen molar-refractivity contribution in [2.45, 2.75) is 37.6 Å². The normalized spacial score (nSPS) is 19.1. The molecule has 0 aromatic heterocycles. The Morgan fingerprint density at radius 2 is 1.97 bits per heavy atom. The molecule has 0 aliphatic carbocycles. The molecule has 4 rings (SSSR count). The Hall–Kier alpha value is -2.17. The number of nitrogens with one attached hydrogen (secondary N) is 1. The molecule has 2 aromatic rings. The molecule has 188 valence electrons. The molecule has 0 saturated heterocycles. The monoisotopic (exact) mass is 550 g/mol. The van der Waals surface area contributed by atoms with Crippen molar-refractivity contribution in [2.75, 3.05) is 18.6 Å². The average Bonchev–Trinajstić information content (AvgIpc) is 3.47. The first-order chi connectivity index (χ1) is 16.6.